The predicted molar refractivity (Wildman–Crippen MR) is 33.6 cm³/mol. The van der Waals surface area contributed by atoms with Crippen LogP contribution in [0.5, 0.6) is 0 Å². The Morgan fingerprint density at radius 1 is 1.58 bits per heavy atom. The number of aromatic nitrogens is 3. The molecule has 0 aromatic carbocycles. The topological polar surface area (TPSA) is 50.7 Å². The molecule has 68 valence electrons. The lowest BCUT2D eigenvalue weighted by Gasteiger charge is -2.05. The summed E-state index contributed by atoms with van der Waals surface area (Å²) >= 11 is 0. The molecule has 0 radical (unpaired) electrons. The quantitative estimate of drug-likeness (QED) is 0.683. The van der Waals surface area contributed by atoms with E-state index in [0.29, 0.717) is 4.57 Å². The van der Waals surface area contributed by atoms with E-state index in [-0.39, 0.29) is 5.82 Å². The van der Waals surface area contributed by atoms with Crippen LogP contribution in [0, 0.1) is 6.92 Å². The third kappa shape index (κ3) is 1.86. The Kier molecular flexibility index (Phi) is 1.95. The molecule has 0 aliphatic rings. The minimum atomic E-state index is -4.39. The summed E-state index contributed by atoms with van der Waals surface area (Å²) in [6, 6.07) is 0. The Morgan fingerprint density at radius 3 is 2.50 bits per heavy atom. The standard InChI is InChI=1S/C5H6F3N3O/c1-3-9-10-4(12)11(3)2-5(6,7)8/h2H2,1H3,(H,10,12). The van der Waals surface area contributed by atoms with Crippen molar-refractivity contribution < 1.29 is 13.2 Å². The molecule has 1 N–H and O–H groups in total. The Bertz CT molecular complexity index is 323. The fourth-order valence-electron chi connectivity index (χ4n) is 0.762. The number of H-pyrrole nitrogens is 1. The summed E-state index contributed by atoms with van der Waals surface area (Å²) in [7, 11) is 0. The molecule has 7 heteroatoms. The largest absolute Gasteiger partial charge is 0.406 e. The van der Waals surface area contributed by atoms with Gasteiger partial charge in [-0.25, -0.2) is 9.89 Å². The monoisotopic (exact) mass is 181 g/mol. The molecule has 0 aliphatic heterocycles. The van der Waals surface area contributed by atoms with Gasteiger partial charge in [0, 0.05) is 0 Å². The summed E-state index contributed by atoms with van der Waals surface area (Å²) in [5.41, 5.74) is -0.843. The first-order valence-corrected chi connectivity index (χ1v) is 3.09. The third-order valence-electron chi connectivity index (χ3n) is 1.29. The van der Waals surface area contributed by atoms with Crippen molar-refractivity contribution in [3.8, 4) is 0 Å². The van der Waals surface area contributed by atoms with E-state index in [4.69, 9.17) is 0 Å². The Balaban J connectivity index is 2.96. The van der Waals surface area contributed by atoms with E-state index in [2.05, 4.69) is 5.10 Å². The molecule has 0 saturated carbocycles. The normalized spacial score (nSPS) is 12.0. The van der Waals surface area contributed by atoms with Gasteiger partial charge in [0.25, 0.3) is 0 Å². The minimum absolute atomic E-state index is 0.0253. The summed E-state index contributed by atoms with van der Waals surface area (Å²) in [6.45, 7) is 0.0256. The van der Waals surface area contributed by atoms with Gasteiger partial charge in [-0.15, -0.1) is 0 Å². The van der Waals surface area contributed by atoms with Crippen molar-refractivity contribution >= 4 is 0 Å². The van der Waals surface area contributed by atoms with Crippen LogP contribution in [0.4, 0.5) is 13.2 Å². The van der Waals surface area contributed by atoms with Crippen LogP contribution in [0.1, 0.15) is 5.82 Å². The second-order valence-corrected chi connectivity index (χ2v) is 2.28. The average Bonchev–Trinajstić information content (AvgIpc) is 2.16. The third-order valence-corrected chi connectivity index (χ3v) is 1.29. The second kappa shape index (κ2) is 2.65. The van der Waals surface area contributed by atoms with Crippen molar-refractivity contribution in [2.75, 3.05) is 0 Å². The zero-order valence-corrected chi connectivity index (χ0v) is 6.14. The fraction of sp³-hybridized carbons (Fsp3) is 0.600. The van der Waals surface area contributed by atoms with E-state index in [9.17, 15) is 18.0 Å². The summed E-state index contributed by atoms with van der Waals surface area (Å²) in [4.78, 5) is 10.7. The summed E-state index contributed by atoms with van der Waals surface area (Å²) < 4.78 is 35.9. The number of hydrogen-bond donors (Lipinski definition) is 1. The summed E-state index contributed by atoms with van der Waals surface area (Å²) in [5, 5.41) is 5.24. The maximum Gasteiger partial charge on any atom is 0.406 e. The number of rotatable bonds is 1. The molecule has 0 fully saturated rings. The lowest BCUT2D eigenvalue weighted by molar-refractivity contribution is -0.141. The predicted octanol–water partition coefficient (Wildman–Crippen LogP) is 0.442. The van der Waals surface area contributed by atoms with Crippen molar-refractivity contribution in [2.45, 2.75) is 19.6 Å². The number of nitrogens with one attached hydrogen (secondary N) is 1. The Morgan fingerprint density at radius 2 is 2.17 bits per heavy atom. The molecule has 0 aliphatic carbocycles. The molecular formula is C5H6F3N3O. The molecule has 1 heterocycles. The number of nitrogens with zero attached hydrogens (tertiary/aromatic N) is 2. The highest BCUT2D eigenvalue weighted by Gasteiger charge is 2.29. The van der Waals surface area contributed by atoms with Crippen LogP contribution >= 0.6 is 0 Å². The van der Waals surface area contributed by atoms with Crippen LogP contribution in [0.15, 0.2) is 4.79 Å². The molecule has 0 saturated heterocycles. The van der Waals surface area contributed by atoms with Gasteiger partial charge in [-0.1, -0.05) is 0 Å². The number of aryl methyl sites for hydroxylation is 1. The van der Waals surface area contributed by atoms with E-state index in [1.54, 1.807) is 0 Å². The first-order valence-electron chi connectivity index (χ1n) is 3.09. The number of aromatic amines is 1. The average molecular weight is 181 g/mol. The Labute approximate surface area is 65.0 Å². The number of alkyl halides is 3. The van der Waals surface area contributed by atoms with Crippen molar-refractivity contribution in [3.63, 3.8) is 0 Å². The minimum Gasteiger partial charge on any atom is -0.270 e. The second-order valence-electron chi connectivity index (χ2n) is 2.28. The first-order chi connectivity index (χ1) is 5.40. The smallest absolute Gasteiger partial charge is 0.270 e. The molecule has 1 aromatic rings. The molecule has 0 unspecified atom stereocenters. The highest BCUT2D eigenvalue weighted by atomic mass is 19.4. The highest BCUT2D eigenvalue weighted by molar-refractivity contribution is 4.81. The van der Waals surface area contributed by atoms with Crippen molar-refractivity contribution in [1.29, 1.82) is 0 Å². The van der Waals surface area contributed by atoms with E-state index in [0.717, 1.165) is 0 Å². The summed E-state index contributed by atoms with van der Waals surface area (Å²) in [5.74, 6) is 0.0253. The van der Waals surface area contributed by atoms with Gasteiger partial charge in [-0.2, -0.15) is 18.3 Å². The molecule has 0 amide bonds. The van der Waals surface area contributed by atoms with Crippen LogP contribution in [-0.4, -0.2) is 20.9 Å². The molecule has 0 atom stereocenters. The van der Waals surface area contributed by atoms with Crippen LogP contribution in [-0.2, 0) is 6.54 Å². The molecule has 1 rings (SSSR count). The number of hydrogen-bond acceptors (Lipinski definition) is 2. The van der Waals surface area contributed by atoms with Crippen LogP contribution in [0.3, 0.4) is 0 Å². The molecule has 0 bridgehead atoms. The SMILES string of the molecule is Cc1n[nH]c(=O)n1CC(F)(F)F. The van der Waals surface area contributed by atoms with Gasteiger partial charge < -0.3 is 0 Å². The van der Waals surface area contributed by atoms with Crippen LogP contribution in [0.25, 0.3) is 0 Å². The lowest BCUT2D eigenvalue weighted by Crippen LogP contribution is -2.27. The lowest BCUT2D eigenvalue weighted by atomic mass is 10.6. The van der Waals surface area contributed by atoms with Crippen molar-refractivity contribution in [2.24, 2.45) is 0 Å². The molecule has 12 heavy (non-hydrogen) atoms. The number of halogens is 3. The van der Waals surface area contributed by atoms with Gasteiger partial charge in [0.15, 0.2) is 0 Å². The molecule has 0 spiro atoms. The zero-order chi connectivity index (χ0) is 9.35. The molecular weight excluding hydrogens is 175 g/mol. The summed E-state index contributed by atoms with van der Waals surface area (Å²) in [6.07, 6.45) is -4.39. The van der Waals surface area contributed by atoms with Crippen LogP contribution in [0.2, 0.25) is 0 Å². The zero-order valence-electron chi connectivity index (χ0n) is 6.14. The van der Waals surface area contributed by atoms with Gasteiger partial charge in [-0.05, 0) is 6.92 Å². The maximum atomic E-state index is 11.8. The van der Waals surface area contributed by atoms with E-state index < -0.39 is 18.4 Å². The molecule has 4 nitrogen and oxygen atoms in total. The van der Waals surface area contributed by atoms with Crippen LogP contribution < -0.4 is 5.69 Å². The highest BCUT2D eigenvalue weighted by Crippen LogP contribution is 2.16. The first kappa shape index (κ1) is 8.82. The fourth-order valence-corrected chi connectivity index (χ4v) is 0.762. The maximum absolute atomic E-state index is 11.8. The van der Waals surface area contributed by atoms with Gasteiger partial charge in [0.1, 0.15) is 12.4 Å². The van der Waals surface area contributed by atoms with E-state index in [1.165, 1.54) is 6.92 Å². The van der Waals surface area contributed by atoms with Gasteiger partial charge >= 0.3 is 11.9 Å². The van der Waals surface area contributed by atoms with Crippen molar-refractivity contribution in [1.82, 2.24) is 14.8 Å². The van der Waals surface area contributed by atoms with Gasteiger partial charge in [0.05, 0.1) is 0 Å². The van der Waals surface area contributed by atoms with E-state index >= 15 is 0 Å². The van der Waals surface area contributed by atoms with Gasteiger partial charge in [0.2, 0.25) is 0 Å². The van der Waals surface area contributed by atoms with Crippen molar-refractivity contribution in [3.05, 3.63) is 16.3 Å². The van der Waals surface area contributed by atoms with E-state index in [1.807, 2.05) is 5.10 Å². The molecule has 1 aromatic heterocycles. The van der Waals surface area contributed by atoms with Gasteiger partial charge in [-0.3, -0.25) is 4.57 Å². The Hall–Kier alpha value is -1.27.